The summed E-state index contributed by atoms with van der Waals surface area (Å²) in [6.07, 6.45) is 0.991. The van der Waals surface area contributed by atoms with Crippen LogP contribution in [0.2, 0.25) is 0 Å². The molecule has 1 aromatic heterocycles. The maximum Gasteiger partial charge on any atom is 0.125 e. The third-order valence-corrected chi connectivity index (χ3v) is 5.36. The molecule has 5 heteroatoms. The SMILES string of the molecule is Cc1ccc(C)c(OC[C@H](O)CSc2ncnc3ccccc23)c1C. The van der Waals surface area contributed by atoms with Crippen LogP contribution in [-0.2, 0) is 0 Å². The van der Waals surface area contributed by atoms with Gasteiger partial charge in [0, 0.05) is 11.1 Å². The number of para-hydroxylation sites is 1. The Morgan fingerprint density at radius 3 is 2.64 bits per heavy atom. The van der Waals surface area contributed by atoms with Gasteiger partial charge in [-0.25, -0.2) is 9.97 Å². The van der Waals surface area contributed by atoms with Crippen LogP contribution in [0.5, 0.6) is 5.75 Å². The molecule has 1 atom stereocenters. The van der Waals surface area contributed by atoms with Crippen molar-refractivity contribution < 1.29 is 9.84 Å². The highest BCUT2D eigenvalue weighted by molar-refractivity contribution is 7.99. The van der Waals surface area contributed by atoms with Crippen LogP contribution in [0.3, 0.4) is 0 Å². The zero-order valence-electron chi connectivity index (χ0n) is 14.7. The molecule has 25 heavy (non-hydrogen) atoms. The van der Waals surface area contributed by atoms with E-state index < -0.39 is 6.10 Å². The highest BCUT2D eigenvalue weighted by Crippen LogP contribution is 2.27. The number of aliphatic hydroxyl groups excluding tert-OH is 1. The van der Waals surface area contributed by atoms with Crippen molar-refractivity contribution in [1.29, 1.82) is 0 Å². The molecule has 1 heterocycles. The van der Waals surface area contributed by atoms with Crippen molar-refractivity contribution in [3.8, 4) is 5.75 Å². The number of ether oxygens (including phenoxy) is 1. The smallest absolute Gasteiger partial charge is 0.125 e. The second-order valence-corrected chi connectivity index (χ2v) is 7.13. The van der Waals surface area contributed by atoms with Crippen LogP contribution in [0.25, 0.3) is 10.9 Å². The van der Waals surface area contributed by atoms with Crippen LogP contribution in [0, 0.1) is 20.8 Å². The number of aliphatic hydroxyl groups is 1. The van der Waals surface area contributed by atoms with Gasteiger partial charge in [0.2, 0.25) is 0 Å². The Morgan fingerprint density at radius 1 is 1.04 bits per heavy atom. The van der Waals surface area contributed by atoms with Gasteiger partial charge in [0.05, 0.1) is 11.6 Å². The highest BCUT2D eigenvalue weighted by atomic mass is 32.2. The van der Waals surface area contributed by atoms with Gasteiger partial charge in [0.15, 0.2) is 0 Å². The number of aromatic nitrogens is 2. The molecule has 0 fully saturated rings. The maximum absolute atomic E-state index is 10.3. The molecular formula is C20H22N2O2S. The quantitative estimate of drug-likeness (QED) is 0.534. The van der Waals surface area contributed by atoms with Crippen molar-refractivity contribution >= 4 is 22.7 Å². The van der Waals surface area contributed by atoms with Crippen molar-refractivity contribution in [2.45, 2.75) is 31.9 Å². The van der Waals surface area contributed by atoms with E-state index in [-0.39, 0.29) is 6.61 Å². The molecule has 0 saturated heterocycles. The first-order valence-electron chi connectivity index (χ1n) is 8.26. The molecule has 0 saturated carbocycles. The molecule has 2 aromatic carbocycles. The van der Waals surface area contributed by atoms with Crippen molar-refractivity contribution in [3.63, 3.8) is 0 Å². The summed E-state index contributed by atoms with van der Waals surface area (Å²) >= 11 is 1.52. The lowest BCUT2D eigenvalue weighted by molar-refractivity contribution is 0.125. The number of hydrogen-bond acceptors (Lipinski definition) is 5. The summed E-state index contributed by atoms with van der Waals surface area (Å²) in [5, 5.41) is 12.2. The van der Waals surface area contributed by atoms with Crippen LogP contribution in [-0.4, -0.2) is 33.5 Å². The van der Waals surface area contributed by atoms with E-state index in [1.807, 2.05) is 44.2 Å². The van der Waals surface area contributed by atoms with E-state index >= 15 is 0 Å². The molecule has 0 aliphatic heterocycles. The fraction of sp³-hybridized carbons (Fsp3) is 0.300. The van der Waals surface area contributed by atoms with Crippen molar-refractivity contribution in [3.05, 3.63) is 59.4 Å². The average Bonchev–Trinajstić information content (AvgIpc) is 2.63. The van der Waals surface area contributed by atoms with E-state index in [1.54, 1.807) is 6.33 Å². The zero-order valence-corrected chi connectivity index (χ0v) is 15.5. The minimum atomic E-state index is -0.571. The van der Waals surface area contributed by atoms with Crippen LogP contribution in [0.1, 0.15) is 16.7 Å². The van der Waals surface area contributed by atoms with E-state index in [2.05, 4.69) is 23.0 Å². The molecule has 4 nitrogen and oxygen atoms in total. The molecule has 1 N–H and O–H groups in total. The lowest BCUT2D eigenvalue weighted by atomic mass is 10.1. The van der Waals surface area contributed by atoms with E-state index in [4.69, 9.17) is 4.74 Å². The fourth-order valence-electron chi connectivity index (χ4n) is 2.65. The number of fused-ring (bicyclic) bond motifs is 1. The molecule has 0 spiro atoms. The van der Waals surface area contributed by atoms with Crippen LogP contribution in [0.15, 0.2) is 47.8 Å². The minimum absolute atomic E-state index is 0.265. The summed E-state index contributed by atoms with van der Waals surface area (Å²) in [5.74, 6) is 1.39. The molecule has 0 aliphatic rings. The Bertz CT molecular complexity index is 877. The van der Waals surface area contributed by atoms with Gasteiger partial charge < -0.3 is 9.84 Å². The number of nitrogens with zero attached hydrogens (tertiary/aromatic N) is 2. The van der Waals surface area contributed by atoms with Gasteiger partial charge in [0.25, 0.3) is 0 Å². The molecular weight excluding hydrogens is 332 g/mol. The zero-order chi connectivity index (χ0) is 17.8. The maximum atomic E-state index is 10.3. The molecule has 130 valence electrons. The molecule has 0 aliphatic carbocycles. The van der Waals surface area contributed by atoms with Crippen LogP contribution >= 0.6 is 11.8 Å². The van der Waals surface area contributed by atoms with Gasteiger partial charge in [-0.1, -0.05) is 30.3 Å². The minimum Gasteiger partial charge on any atom is -0.490 e. The Kier molecular flexibility index (Phi) is 5.56. The Hall–Kier alpha value is -2.11. The Balaban J connectivity index is 1.62. The largest absolute Gasteiger partial charge is 0.490 e. The lowest BCUT2D eigenvalue weighted by Crippen LogP contribution is -2.20. The number of aryl methyl sites for hydroxylation is 2. The Labute approximate surface area is 152 Å². The van der Waals surface area contributed by atoms with Crippen molar-refractivity contribution in [1.82, 2.24) is 9.97 Å². The predicted molar refractivity (Wildman–Crippen MR) is 102 cm³/mol. The first kappa shape index (κ1) is 17.7. The lowest BCUT2D eigenvalue weighted by Gasteiger charge is -2.16. The fourth-order valence-corrected chi connectivity index (χ4v) is 3.54. The molecule has 3 rings (SSSR count). The number of benzene rings is 2. The topological polar surface area (TPSA) is 55.2 Å². The summed E-state index contributed by atoms with van der Waals surface area (Å²) in [6, 6.07) is 12.0. The highest BCUT2D eigenvalue weighted by Gasteiger charge is 2.12. The average molecular weight is 354 g/mol. The molecule has 0 unspecified atom stereocenters. The van der Waals surface area contributed by atoms with Gasteiger partial charge in [-0.2, -0.15) is 0 Å². The third kappa shape index (κ3) is 4.11. The van der Waals surface area contributed by atoms with E-state index in [0.717, 1.165) is 32.8 Å². The van der Waals surface area contributed by atoms with Crippen LogP contribution < -0.4 is 4.74 Å². The summed E-state index contributed by atoms with van der Waals surface area (Å²) in [5.41, 5.74) is 4.32. The Morgan fingerprint density at radius 2 is 1.80 bits per heavy atom. The molecule has 0 radical (unpaired) electrons. The van der Waals surface area contributed by atoms with Gasteiger partial charge in [-0.3, -0.25) is 0 Å². The van der Waals surface area contributed by atoms with Gasteiger partial charge in [-0.05, 0) is 43.5 Å². The van der Waals surface area contributed by atoms with Crippen molar-refractivity contribution in [2.24, 2.45) is 0 Å². The van der Waals surface area contributed by atoms with Gasteiger partial charge >= 0.3 is 0 Å². The first-order valence-corrected chi connectivity index (χ1v) is 9.25. The van der Waals surface area contributed by atoms with Gasteiger partial charge in [-0.15, -0.1) is 11.8 Å². The standard InChI is InChI=1S/C20H22N2O2S/c1-13-8-9-14(2)19(15(13)3)24-10-16(23)11-25-20-17-6-4-5-7-18(17)21-12-22-20/h4-9,12,16,23H,10-11H2,1-3H3/t16-/m0/s1. The third-order valence-electron chi connectivity index (χ3n) is 4.21. The summed E-state index contributed by atoms with van der Waals surface area (Å²) in [4.78, 5) is 8.60. The normalized spacial score (nSPS) is 12.3. The first-order chi connectivity index (χ1) is 12.1. The second kappa shape index (κ2) is 7.85. The predicted octanol–water partition coefficient (Wildman–Crippen LogP) is 4.09. The summed E-state index contributed by atoms with van der Waals surface area (Å²) < 4.78 is 5.89. The number of thioether (sulfide) groups is 1. The number of rotatable bonds is 6. The monoisotopic (exact) mass is 354 g/mol. The van der Waals surface area contributed by atoms with Crippen LogP contribution in [0.4, 0.5) is 0 Å². The second-order valence-electron chi connectivity index (χ2n) is 6.13. The van der Waals surface area contributed by atoms with Gasteiger partial charge in [0.1, 0.15) is 23.7 Å². The van der Waals surface area contributed by atoms with E-state index in [1.165, 1.54) is 17.3 Å². The molecule has 3 aromatic rings. The summed E-state index contributed by atoms with van der Waals surface area (Å²) in [6.45, 7) is 6.40. The summed E-state index contributed by atoms with van der Waals surface area (Å²) in [7, 11) is 0. The molecule has 0 amide bonds. The van der Waals surface area contributed by atoms with E-state index in [9.17, 15) is 5.11 Å². The number of hydrogen-bond donors (Lipinski definition) is 1. The van der Waals surface area contributed by atoms with E-state index in [0.29, 0.717) is 5.75 Å². The molecule has 0 bridgehead atoms. The van der Waals surface area contributed by atoms with Crippen molar-refractivity contribution in [2.75, 3.05) is 12.4 Å².